The van der Waals surface area contributed by atoms with Gasteiger partial charge in [0.05, 0.1) is 6.61 Å². The zero-order valence-corrected chi connectivity index (χ0v) is 14.6. The summed E-state index contributed by atoms with van der Waals surface area (Å²) in [5.74, 6) is 0. The molecule has 1 atom stereocenters. The van der Waals surface area contributed by atoms with Crippen LogP contribution in [0, 0.1) is 0 Å². The van der Waals surface area contributed by atoms with Gasteiger partial charge in [-0.2, -0.15) is 0 Å². The highest BCUT2D eigenvalue weighted by Crippen LogP contribution is 2.19. The molecule has 0 radical (unpaired) electrons. The van der Waals surface area contributed by atoms with Gasteiger partial charge in [0.15, 0.2) is 0 Å². The maximum atomic E-state index is 8.79. The van der Waals surface area contributed by atoms with E-state index in [0.29, 0.717) is 4.83 Å². The molecule has 1 N–H and O–H groups in total. The average molecular weight is 333 g/mol. The first-order valence-corrected chi connectivity index (χ1v) is 9.02. The van der Waals surface area contributed by atoms with Gasteiger partial charge in [-0.1, -0.05) is 85.9 Å². The Labute approximate surface area is 129 Å². The Bertz CT molecular complexity index is 213. The summed E-state index contributed by atoms with van der Waals surface area (Å²) in [6, 6.07) is 0. The zero-order valence-electron chi connectivity index (χ0n) is 13.0. The highest BCUT2D eigenvalue weighted by atomic mass is 79.9. The van der Waals surface area contributed by atoms with Crippen molar-refractivity contribution in [1.29, 1.82) is 0 Å². The van der Waals surface area contributed by atoms with E-state index in [1.54, 1.807) is 0 Å². The lowest BCUT2D eigenvalue weighted by molar-refractivity contribution is 0.341. The number of halogens is 1. The van der Waals surface area contributed by atoms with Crippen molar-refractivity contribution >= 4 is 15.9 Å². The third-order valence-electron chi connectivity index (χ3n) is 3.66. The first-order chi connectivity index (χ1) is 9.20. The average Bonchev–Trinajstić information content (AvgIpc) is 2.40. The molecule has 0 aromatic heterocycles. The maximum absolute atomic E-state index is 8.79. The highest BCUT2D eigenvalue weighted by molar-refractivity contribution is 9.09. The summed E-state index contributed by atoms with van der Waals surface area (Å²) in [5.41, 5.74) is 1.31. The molecule has 114 valence electrons. The molecule has 2 heteroatoms. The second-order valence-electron chi connectivity index (χ2n) is 5.63. The van der Waals surface area contributed by atoms with E-state index in [2.05, 4.69) is 29.8 Å². The number of hydrogen-bond acceptors (Lipinski definition) is 1. The standard InChI is InChI=1S/C17H33BrO/c1-3-4-5-6-7-8-9-10-11-17(18)13-12-16(2)14-15-19/h14,17,19H,3-13,15H2,1-2H3/b16-14+. The Balaban J connectivity index is 3.29. The molecule has 0 aromatic carbocycles. The van der Waals surface area contributed by atoms with Gasteiger partial charge in [-0.25, -0.2) is 0 Å². The van der Waals surface area contributed by atoms with E-state index in [0.717, 1.165) is 6.42 Å². The minimum atomic E-state index is 0.177. The predicted octanol–water partition coefficient (Wildman–Crippen LogP) is 6.00. The van der Waals surface area contributed by atoms with Crippen molar-refractivity contribution in [3.05, 3.63) is 11.6 Å². The van der Waals surface area contributed by atoms with Gasteiger partial charge in [0.25, 0.3) is 0 Å². The van der Waals surface area contributed by atoms with Crippen LogP contribution in [0.2, 0.25) is 0 Å². The van der Waals surface area contributed by atoms with E-state index in [1.165, 1.54) is 69.8 Å². The molecular formula is C17H33BrO. The van der Waals surface area contributed by atoms with Gasteiger partial charge in [0, 0.05) is 4.83 Å². The summed E-state index contributed by atoms with van der Waals surface area (Å²) in [6.45, 7) is 4.55. The Kier molecular flexibility index (Phi) is 14.7. The van der Waals surface area contributed by atoms with Crippen molar-refractivity contribution < 1.29 is 5.11 Å². The first-order valence-electron chi connectivity index (χ1n) is 8.11. The molecule has 0 fully saturated rings. The molecule has 1 unspecified atom stereocenters. The lowest BCUT2D eigenvalue weighted by Gasteiger charge is -2.09. The van der Waals surface area contributed by atoms with E-state index in [-0.39, 0.29) is 6.61 Å². The Hall–Kier alpha value is 0.180. The van der Waals surface area contributed by atoms with Crippen LogP contribution in [0.25, 0.3) is 0 Å². The Morgan fingerprint density at radius 1 is 1.00 bits per heavy atom. The number of hydrogen-bond donors (Lipinski definition) is 1. The third-order valence-corrected chi connectivity index (χ3v) is 4.58. The molecule has 0 heterocycles. The van der Waals surface area contributed by atoms with Gasteiger partial charge in [0.1, 0.15) is 0 Å². The molecular weight excluding hydrogens is 300 g/mol. The predicted molar refractivity (Wildman–Crippen MR) is 90.0 cm³/mol. The van der Waals surface area contributed by atoms with Crippen LogP contribution in [0.4, 0.5) is 0 Å². The van der Waals surface area contributed by atoms with Crippen LogP contribution in [0.15, 0.2) is 11.6 Å². The second-order valence-corrected chi connectivity index (χ2v) is 6.93. The van der Waals surface area contributed by atoms with Crippen LogP contribution in [0.1, 0.15) is 84.5 Å². The van der Waals surface area contributed by atoms with Crippen molar-refractivity contribution in [1.82, 2.24) is 0 Å². The fraction of sp³-hybridized carbons (Fsp3) is 0.882. The van der Waals surface area contributed by atoms with Gasteiger partial charge in [-0.05, 0) is 26.2 Å². The molecule has 0 spiro atoms. The largest absolute Gasteiger partial charge is 0.392 e. The number of unbranched alkanes of at least 4 members (excludes halogenated alkanes) is 7. The Morgan fingerprint density at radius 2 is 1.58 bits per heavy atom. The van der Waals surface area contributed by atoms with Crippen molar-refractivity contribution in [2.45, 2.75) is 89.3 Å². The molecule has 0 amide bonds. The molecule has 1 nitrogen and oxygen atoms in total. The van der Waals surface area contributed by atoms with Gasteiger partial charge >= 0.3 is 0 Å². The molecule has 0 saturated heterocycles. The van der Waals surface area contributed by atoms with E-state index in [1.807, 2.05) is 6.08 Å². The molecule has 0 aliphatic heterocycles. The molecule has 19 heavy (non-hydrogen) atoms. The van der Waals surface area contributed by atoms with Gasteiger partial charge in [-0.3, -0.25) is 0 Å². The third kappa shape index (κ3) is 14.4. The van der Waals surface area contributed by atoms with Crippen molar-refractivity contribution in [3.8, 4) is 0 Å². The smallest absolute Gasteiger partial charge is 0.0614 e. The number of rotatable bonds is 13. The van der Waals surface area contributed by atoms with Gasteiger partial charge in [-0.15, -0.1) is 0 Å². The van der Waals surface area contributed by atoms with E-state index >= 15 is 0 Å². The lowest BCUT2D eigenvalue weighted by Crippen LogP contribution is -1.98. The Morgan fingerprint density at radius 3 is 2.16 bits per heavy atom. The highest BCUT2D eigenvalue weighted by Gasteiger charge is 2.04. The fourth-order valence-electron chi connectivity index (χ4n) is 2.29. The van der Waals surface area contributed by atoms with Crippen LogP contribution >= 0.6 is 15.9 Å². The molecule has 0 aromatic rings. The zero-order chi connectivity index (χ0) is 14.3. The SMILES string of the molecule is CCCCCCCCCCC(Br)CC/C(C)=C/CO. The summed E-state index contributed by atoms with van der Waals surface area (Å²) < 4.78 is 0. The normalized spacial score (nSPS) is 13.8. The van der Waals surface area contributed by atoms with Crippen molar-refractivity contribution in [2.24, 2.45) is 0 Å². The van der Waals surface area contributed by atoms with Gasteiger partial charge < -0.3 is 5.11 Å². The van der Waals surface area contributed by atoms with Crippen LogP contribution in [0.5, 0.6) is 0 Å². The number of aliphatic hydroxyl groups is 1. The molecule has 0 aliphatic rings. The van der Waals surface area contributed by atoms with E-state index in [4.69, 9.17) is 5.11 Å². The number of allylic oxidation sites excluding steroid dienone is 1. The number of alkyl halides is 1. The summed E-state index contributed by atoms with van der Waals surface area (Å²) in [7, 11) is 0. The monoisotopic (exact) mass is 332 g/mol. The molecule has 0 aliphatic carbocycles. The number of aliphatic hydroxyl groups excluding tert-OH is 1. The van der Waals surface area contributed by atoms with E-state index in [9.17, 15) is 0 Å². The first kappa shape index (κ1) is 19.2. The topological polar surface area (TPSA) is 20.2 Å². The summed E-state index contributed by atoms with van der Waals surface area (Å²) >= 11 is 3.77. The van der Waals surface area contributed by atoms with E-state index < -0.39 is 0 Å². The fourth-order valence-corrected chi connectivity index (χ4v) is 2.84. The maximum Gasteiger partial charge on any atom is 0.0614 e. The van der Waals surface area contributed by atoms with Crippen molar-refractivity contribution in [2.75, 3.05) is 6.61 Å². The van der Waals surface area contributed by atoms with Crippen LogP contribution in [-0.2, 0) is 0 Å². The molecule has 0 saturated carbocycles. The van der Waals surface area contributed by atoms with Crippen LogP contribution in [-0.4, -0.2) is 16.5 Å². The summed E-state index contributed by atoms with van der Waals surface area (Å²) in [6.07, 6.45) is 16.7. The van der Waals surface area contributed by atoms with Crippen LogP contribution < -0.4 is 0 Å². The summed E-state index contributed by atoms with van der Waals surface area (Å²) in [4.78, 5) is 0.648. The summed E-state index contributed by atoms with van der Waals surface area (Å²) in [5, 5.41) is 8.79. The molecule has 0 rings (SSSR count). The van der Waals surface area contributed by atoms with Gasteiger partial charge in [0.2, 0.25) is 0 Å². The van der Waals surface area contributed by atoms with Crippen LogP contribution in [0.3, 0.4) is 0 Å². The lowest BCUT2D eigenvalue weighted by atomic mass is 10.0. The van der Waals surface area contributed by atoms with Crippen molar-refractivity contribution in [3.63, 3.8) is 0 Å². The molecule has 0 bridgehead atoms. The minimum Gasteiger partial charge on any atom is -0.392 e. The minimum absolute atomic E-state index is 0.177. The second kappa shape index (κ2) is 14.6. The quantitative estimate of drug-likeness (QED) is 0.249.